The van der Waals surface area contributed by atoms with E-state index in [1.165, 1.54) is 0 Å². The molecule has 0 spiro atoms. The van der Waals surface area contributed by atoms with Gasteiger partial charge in [-0.3, -0.25) is 9.78 Å². The summed E-state index contributed by atoms with van der Waals surface area (Å²) in [5, 5.41) is 0.974. The third-order valence-corrected chi connectivity index (χ3v) is 4.62. The summed E-state index contributed by atoms with van der Waals surface area (Å²) in [5.74, 6) is 0.656. The number of ether oxygens (including phenoxy) is 2. The van der Waals surface area contributed by atoms with Crippen molar-refractivity contribution >= 4 is 16.8 Å². The van der Waals surface area contributed by atoms with E-state index in [4.69, 9.17) is 9.47 Å². The Morgan fingerprint density at radius 1 is 1.27 bits per heavy atom. The van der Waals surface area contributed by atoms with Crippen LogP contribution in [0.1, 0.15) is 27.8 Å². The Kier molecular flexibility index (Phi) is 5.23. The molecule has 2 heterocycles. The molecule has 2 aromatic heterocycles. The lowest BCUT2D eigenvalue weighted by atomic mass is 10.1. The van der Waals surface area contributed by atoms with Crippen LogP contribution in [0.2, 0.25) is 0 Å². The van der Waals surface area contributed by atoms with Gasteiger partial charge in [0.05, 0.1) is 25.5 Å². The summed E-state index contributed by atoms with van der Waals surface area (Å²) < 4.78 is 10.6. The zero-order valence-electron chi connectivity index (χ0n) is 15.4. The van der Waals surface area contributed by atoms with Gasteiger partial charge >= 0.3 is 0 Å². The predicted molar refractivity (Wildman–Crippen MR) is 101 cm³/mol. The van der Waals surface area contributed by atoms with Crippen LogP contribution in [0.25, 0.3) is 10.9 Å². The third kappa shape index (κ3) is 3.28. The molecular formula is C20H23N3O3. The second-order valence-electron chi connectivity index (χ2n) is 6.18. The van der Waals surface area contributed by atoms with E-state index in [0.717, 1.165) is 27.9 Å². The number of H-pyrrole nitrogens is 1. The van der Waals surface area contributed by atoms with Gasteiger partial charge in [-0.15, -0.1) is 0 Å². The van der Waals surface area contributed by atoms with E-state index in [1.807, 2.05) is 43.3 Å². The number of pyridine rings is 1. The Morgan fingerprint density at radius 2 is 2.08 bits per heavy atom. The third-order valence-electron chi connectivity index (χ3n) is 4.62. The smallest absolute Gasteiger partial charge is 0.270 e. The molecule has 1 aromatic carbocycles. The number of aromatic nitrogens is 2. The molecule has 0 aliphatic rings. The van der Waals surface area contributed by atoms with E-state index in [0.29, 0.717) is 12.3 Å². The first-order valence-electron chi connectivity index (χ1n) is 8.40. The maximum absolute atomic E-state index is 13.2. The Morgan fingerprint density at radius 3 is 2.73 bits per heavy atom. The number of likely N-dealkylation sites (N-methyl/N-ethyl adjacent to an activating group) is 1. The van der Waals surface area contributed by atoms with Crippen molar-refractivity contribution < 1.29 is 14.3 Å². The van der Waals surface area contributed by atoms with Gasteiger partial charge in [0.15, 0.2) is 0 Å². The Hall–Kier alpha value is -2.86. The average Bonchev–Trinajstić information content (AvgIpc) is 3.01. The molecule has 0 aliphatic heterocycles. The van der Waals surface area contributed by atoms with Gasteiger partial charge in [-0.05, 0) is 42.8 Å². The largest absolute Gasteiger partial charge is 0.497 e. The zero-order valence-corrected chi connectivity index (χ0v) is 15.4. The first kappa shape index (κ1) is 17.9. The van der Waals surface area contributed by atoms with E-state index in [2.05, 4.69) is 9.97 Å². The van der Waals surface area contributed by atoms with Crippen LogP contribution in [0.3, 0.4) is 0 Å². The second kappa shape index (κ2) is 7.58. The first-order chi connectivity index (χ1) is 12.6. The number of amides is 1. The van der Waals surface area contributed by atoms with Gasteiger partial charge in [0, 0.05) is 31.3 Å². The standard InChI is InChI=1S/C20H23N3O3/c1-13-15-11-14(26-4)8-9-16(15)22-19(13)20(24)23(2)18(12-25-3)17-7-5-6-10-21-17/h5-11,18,22H,12H2,1-4H3. The molecule has 0 radical (unpaired) electrons. The van der Waals surface area contributed by atoms with Crippen molar-refractivity contribution in [1.29, 1.82) is 0 Å². The molecule has 1 N–H and O–H groups in total. The fourth-order valence-electron chi connectivity index (χ4n) is 3.09. The number of rotatable bonds is 6. The zero-order chi connectivity index (χ0) is 18.7. The van der Waals surface area contributed by atoms with Crippen LogP contribution in [-0.2, 0) is 4.74 Å². The number of aryl methyl sites for hydroxylation is 1. The Balaban J connectivity index is 1.96. The van der Waals surface area contributed by atoms with Crippen LogP contribution < -0.4 is 4.74 Å². The SMILES string of the molecule is COCC(c1ccccn1)N(C)C(=O)c1[nH]c2ccc(OC)cc2c1C. The molecular weight excluding hydrogens is 330 g/mol. The summed E-state index contributed by atoms with van der Waals surface area (Å²) in [6.07, 6.45) is 1.72. The number of aromatic amines is 1. The summed E-state index contributed by atoms with van der Waals surface area (Å²) in [6.45, 7) is 2.30. The number of benzene rings is 1. The van der Waals surface area contributed by atoms with Crippen molar-refractivity contribution in [2.75, 3.05) is 27.9 Å². The lowest BCUT2D eigenvalue weighted by molar-refractivity contribution is 0.0590. The molecule has 0 bridgehead atoms. The van der Waals surface area contributed by atoms with Gasteiger partial charge in [0.2, 0.25) is 0 Å². The van der Waals surface area contributed by atoms with Crippen LogP contribution >= 0.6 is 0 Å². The lowest BCUT2D eigenvalue weighted by Crippen LogP contribution is -2.34. The molecule has 0 aliphatic carbocycles. The van der Waals surface area contributed by atoms with Crippen molar-refractivity contribution in [2.45, 2.75) is 13.0 Å². The Labute approximate surface area is 152 Å². The molecule has 0 saturated heterocycles. The van der Waals surface area contributed by atoms with Crippen LogP contribution in [0.15, 0.2) is 42.6 Å². The summed E-state index contributed by atoms with van der Waals surface area (Å²) in [7, 11) is 5.02. The van der Waals surface area contributed by atoms with Gasteiger partial charge in [0.25, 0.3) is 5.91 Å². The van der Waals surface area contributed by atoms with Crippen molar-refractivity contribution in [1.82, 2.24) is 14.9 Å². The van der Waals surface area contributed by atoms with E-state index in [9.17, 15) is 4.79 Å². The minimum atomic E-state index is -0.269. The van der Waals surface area contributed by atoms with Crippen molar-refractivity contribution in [3.63, 3.8) is 0 Å². The fraction of sp³-hybridized carbons (Fsp3) is 0.300. The highest BCUT2D eigenvalue weighted by Crippen LogP contribution is 2.28. The number of nitrogens with one attached hydrogen (secondary N) is 1. The normalized spacial score (nSPS) is 12.2. The topological polar surface area (TPSA) is 67.5 Å². The molecule has 1 unspecified atom stereocenters. The lowest BCUT2D eigenvalue weighted by Gasteiger charge is -2.27. The van der Waals surface area contributed by atoms with Gasteiger partial charge < -0.3 is 19.4 Å². The molecule has 1 amide bonds. The van der Waals surface area contributed by atoms with Gasteiger partial charge in [-0.25, -0.2) is 0 Å². The van der Waals surface area contributed by atoms with Crippen molar-refractivity contribution in [3.8, 4) is 5.75 Å². The summed E-state index contributed by atoms with van der Waals surface area (Å²) in [6, 6.07) is 11.1. The van der Waals surface area contributed by atoms with E-state index >= 15 is 0 Å². The first-order valence-corrected chi connectivity index (χ1v) is 8.40. The van der Waals surface area contributed by atoms with Crippen LogP contribution in [0.5, 0.6) is 5.75 Å². The van der Waals surface area contributed by atoms with E-state index in [-0.39, 0.29) is 11.9 Å². The van der Waals surface area contributed by atoms with Crippen LogP contribution in [-0.4, -0.2) is 48.6 Å². The molecule has 1 atom stereocenters. The molecule has 6 heteroatoms. The molecule has 6 nitrogen and oxygen atoms in total. The summed E-state index contributed by atoms with van der Waals surface area (Å²) >= 11 is 0. The minimum Gasteiger partial charge on any atom is -0.497 e. The average molecular weight is 353 g/mol. The van der Waals surface area contributed by atoms with Crippen LogP contribution in [0, 0.1) is 6.92 Å². The van der Waals surface area contributed by atoms with Crippen LogP contribution in [0.4, 0.5) is 0 Å². The number of hydrogen-bond acceptors (Lipinski definition) is 4. The van der Waals surface area contributed by atoms with Gasteiger partial charge in [-0.1, -0.05) is 6.07 Å². The predicted octanol–water partition coefficient (Wildman–Crippen LogP) is 3.34. The number of methoxy groups -OCH3 is 2. The quantitative estimate of drug-likeness (QED) is 0.738. The maximum Gasteiger partial charge on any atom is 0.270 e. The number of nitrogens with zero attached hydrogens (tertiary/aromatic N) is 2. The fourth-order valence-corrected chi connectivity index (χ4v) is 3.09. The highest BCUT2D eigenvalue weighted by molar-refractivity contribution is 6.01. The summed E-state index contributed by atoms with van der Waals surface area (Å²) in [5.41, 5.74) is 3.16. The minimum absolute atomic E-state index is 0.106. The molecule has 0 fully saturated rings. The monoisotopic (exact) mass is 353 g/mol. The molecule has 3 rings (SSSR count). The van der Waals surface area contributed by atoms with Crippen molar-refractivity contribution in [3.05, 3.63) is 59.5 Å². The molecule has 3 aromatic rings. The highest BCUT2D eigenvalue weighted by Gasteiger charge is 2.26. The van der Waals surface area contributed by atoms with E-state index in [1.54, 1.807) is 32.4 Å². The van der Waals surface area contributed by atoms with E-state index < -0.39 is 0 Å². The van der Waals surface area contributed by atoms with Gasteiger partial charge in [-0.2, -0.15) is 0 Å². The molecule has 136 valence electrons. The Bertz CT molecular complexity index is 905. The summed E-state index contributed by atoms with van der Waals surface area (Å²) in [4.78, 5) is 22.4. The number of fused-ring (bicyclic) bond motifs is 1. The van der Waals surface area contributed by atoms with Gasteiger partial charge in [0.1, 0.15) is 11.4 Å². The highest BCUT2D eigenvalue weighted by atomic mass is 16.5. The molecule has 26 heavy (non-hydrogen) atoms. The number of carbonyl (C=O) groups excluding carboxylic acids is 1. The number of hydrogen-bond donors (Lipinski definition) is 1. The second-order valence-corrected chi connectivity index (χ2v) is 6.18. The number of carbonyl (C=O) groups is 1. The maximum atomic E-state index is 13.2. The van der Waals surface area contributed by atoms with Crippen molar-refractivity contribution in [2.24, 2.45) is 0 Å². The molecule has 0 saturated carbocycles.